The number of H-pyrrole nitrogens is 1. The van der Waals surface area contributed by atoms with Crippen LogP contribution in [0.15, 0.2) is 29.1 Å². The third kappa shape index (κ3) is 6.59. The topological polar surface area (TPSA) is 100 Å². The summed E-state index contributed by atoms with van der Waals surface area (Å²) in [5.41, 5.74) is -0.0606. The van der Waals surface area contributed by atoms with Crippen LogP contribution in [0, 0.1) is 12.7 Å². The van der Waals surface area contributed by atoms with Gasteiger partial charge >= 0.3 is 0 Å². The number of ether oxygens (including phenoxy) is 1. The Balaban J connectivity index is 1.57. The Bertz CT molecular complexity index is 1370. The Morgan fingerprint density at radius 2 is 1.97 bits per heavy atom. The molecule has 2 aromatic heterocycles. The first kappa shape index (κ1) is 28.2. The van der Waals surface area contributed by atoms with Crippen LogP contribution in [0.3, 0.4) is 0 Å². The first-order valence-corrected chi connectivity index (χ1v) is 13.9. The number of aryl methyl sites for hydroxylation is 1. The SMILES string of the molecule is Cc1nc(NCc2cccc(C(F)(F)COCCN(C)C)c2F)c2cc(C3CCS(=O)CC3)c(=O)[nH]c2n1. The molecule has 12 heteroatoms. The van der Waals surface area contributed by atoms with Crippen molar-refractivity contribution in [2.45, 2.75) is 38.2 Å². The molecule has 1 aliphatic heterocycles. The molecular weight excluding hydrogens is 519 g/mol. The third-order valence-corrected chi connectivity index (χ3v) is 7.95. The van der Waals surface area contributed by atoms with E-state index in [-0.39, 0.29) is 30.2 Å². The molecule has 0 atom stereocenters. The Kier molecular flexibility index (Phi) is 8.84. The van der Waals surface area contributed by atoms with Gasteiger partial charge in [-0.2, -0.15) is 8.78 Å². The van der Waals surface area contributed by atoms with Gasteiger partial charge in [0, 0.05) is 46.5 Å². The molecule has 1 aliphatic rings. The van der Waals surface area contributed by atoms with Gasteiger partial charge in [-0.05, 0) is 51.9 Å². The quantitative estimate of drug-likeness (QED) is 0.371. The molecule has 0 unspecified atom stereocenters. The van der Waals surface area contributed by atoms with Gasteiger partial charge in [0.1, 0.15) is 29.7 Å². The number of anilines is 1. The molecule has 0 amide bonds. The second-order valence-corrected chi connectivity index (χ2v) is 11.4. The summed E-state index contributed by atoms with van der Waals surface area (Å²) in [5.74, 6) is -2.73. The number of hydrogen-bond donors (Lipinski definition) is 2. The summed E-state index contributed by atoms with van der Waals surface area (Å²) < 4.78 is 61.6. The van der Waals surface area contributed by atoms with Crippen molar-refractivity contribution in [3.8, 4) is 0 Å². The summed E-state index contributed by atoms with van der Waals surface area (Å²) in [4.78, 5) is 26.1. The molecule has 0 aliphatic carbocycles. The van der Waals surface area contributed by atoms with E-state index < -0.39 is 34.7 Å². The van der Waals surface area contributed by atoms with Gasteiger partial charge in [0.05, 0.1) is 17.6 Å². The molecule has 0 spiro atoms. The van der Waals surface area contributed by atoms with Crippen molar-refractivity contribution in [2.24, 2.45) is 0 Å². The molecule has 3 heterocycles. The molecule has 1 fully saturated rings. The van der Waals surface area contributed by atoms with E-state index in [1.54, 1.807) is 32.0 Å². The lowest BCUT2D eigenvalue weighted by atomic mass is 9.94. The van der Waals surface area contributed by atoms with E-state index in [9.17, 15) is 17.8 Å². The number of aromatic amines is 1. The monoisotopic (exact) mass is 551 g/mol. The van der Waals surface area contributed by atoms with Crippen molar-refractivity contribution >= 4 is 27.7 Å². The van der Waals surface area contributed by atoms with Crippen LogP contribution in [0.5, 0.6) is 0 Å². The van der Waals surface area contributed by atoms with E-state index in [1.165, 1.54) is 12.1 Å². The summed E-state index contributed by atoms with van der Waals surface area (Å²) in [6, 6.07) is 5.60. The van der Waals surface area contributed by atoms with Crippen LogP contribution in [0.1, 0.15) is 41.3 Å². The third-order valence-electron chi connectivity index (χ3n) is 6.56. The summed E-state index contributed by atoms with van der Waals surface area (Å²) in [7, 11) is 2.74. The number of fused-ring (bicyclic) bond motifs is 1. The zero-order valence-corrected chi connectivity index (χ0v) is 22.5. The molecule has 38 heavy (non-hydrogen) atoms. The summed E-state index contributed by atoms with van der Waals surface area (Å²) in [6.07, 6.45) is 1.28. The van der Waals surface area contributed by atoms with Gasteiger partial charge in [-0.1, -0.05) is 12.1 Å². The molecule has 1 aromatic carbocycles. The van der Waals surface area contributed by atoms with E-state index in [4.69, 9.17) is 4.74 Å². The first-order valence-electron chi connectivity index (χ1n) is 12.4. The van der Waals surface area contributed by atoms with Crippen LogP contribution in [0.4, 0.5) is 19.0 Å². The maximum Gasteiger partial charge on any atom is 0.298 e. The largest absolute Gasteiger partial charge is 0.373 e. The molecule has 2 N–H and O–H groups in total. The number of halogens is 3. The van der Waals surface area contributed by atoms with Crippen molar-refractivity contribution in [1.29, 1.82) is 0 Å². The molecule has 0 bridgehead atoms. The van der Waals surface area contributed by atoms with Crippen molar-refractivity contribution in [3.05, 3.63) is 63.0 Å². The second kappa shape index (κ2) is 11.9. The van der Waals surface area contributed by atoms with Gasteiger partial charge < -0.3 is 19.9 Å². The highest BCUT2D eigenvalue weighted by Crippen LogP contribution is 2.33. The Labute approximate surface area is 221 Å². The Morgan fingerprint density at radius 3 is 2.68 bits per heavy atom. The minimum atomic E-state index is -3.50. The molecule has 3 aromatic rings. The number of nitrogens with one attached hydrogen (secondary N) is 2. The van der Waals surface area contributed by atoms with Gasteiger partial charge in [0.25, 0.3) is 11.5 Å². The highest BCUT2D eigenvalue weighted by atomic mass is 32.2. The van der Waals surface area contributed by atoms with Gasteiger partial charge in [0.15, 0.2) is 0 Å². The Hall–Kier alpha value is -2.83. The van der Waals surface area contributed by atoms with Crippen molar-refractivity contribution in [3.63, 3.8) is 0 Å². The zero-order valence-electron chi connectivity index (χ0n) is 21.7. The van der Waals surface area contributed by atoms with E-state index in [2.05, 4.69) is 20.3 Å². The maximum absolute atomic E-state index is 15.2. The number of nitrogens with zero attached hydrogens (tertiary/aromatic N) is 3. The average molecular weight is 552 g/mol. The Morgan fingerprint density at radius 1 is 1.24 bits per heavy atom. The minimum Gasteiger partial charge on any atom is -0.373 e. The van der Waals surface area contributed by atoms with Gasteiger partial charge in [-0.25, -0.2) is 14.4 Å². The van der Waals surface area contributed by atoms with Crippen LogP contribution in [0.25, 0.3) is 11.0 Å². The molecule has 0 saturated carbocycles. The number of rotatable bonds is 10. The van der Waals surface area contributed by atoms with Crippen LogP contribution >= 0.6 is 0 Å². The van der Waals surface area contributed by atoms with Gasteiger partial charge in [0.2, 0.25) is 0 Å². The smallest absolute Gasteiger partial charge is 0.298 e. The average Bonchev–Trinajstić information content (AvgIpc) is 2.86. The lowest BCUT2D eigenvalue weighted by Crippen LogP contribution is -2.26. The predicted molar refractivity (Wildman–Crippen MR) is 142 cm³/mol. The summed E-state index contributed by atoms with van der Waals surface area (Å²) in [6.45, 7) is 1.21. The molecule has 206 valence electrons. The van der Waals surface area contributed by atoms with Crippen LogP contribution in [0.2, 0.25) is 0 Å². The maximum atomic E-state index is 15.2. The first-order chi connectivity index (χ1) is 18.0. The summed E-state index contributed by atoms with van der Waals surface area (Å²) >= 11 is 0. The molecule has 4 rings (SSSR count). The zero-order chi connectivity index (χ0) is 27.4. The van der Waals surface area contributed by atoms with Crippen molar-refractivity contribution in [1.82, 2.24) is 19.9 Å². The normalized spacial score (nSPS) is 18.3. The molecule has 1 saturated heterocycles. The van der Waals surface area contributed by atoms with Crippen molar-refractivity contribution < 1.29 is 22.1 Å². The molecular formula is C26H32F3N5O3S. The number of aromatic nitrogens is 3. The second-order valence-electron chi connectivity index (χ2n) is 9.75. The molecule has 0 radical (unpaired) electrons. The van der Waals surface area contributed by atoms with Gasteiger partial charge in [-0.15, -0.1) is 0 Å². The fourth-order valence-electron chi connectivity index (χ4n) is 4.46. The number of benzene rings is 1. The number of alkyl halides is 2. The van der Waals surface area contributed by atoms with E-state index >= 15 is 4.39 Å². The lowest BCUT2D eigenvalue weighted by molar-refractivity contribution is -0.0861. The fourth-order valence-corrected chi connectivity index (χ4v) is 5.76. The van der Waals surface area contributed by atoms with Crippen LogP contribution in [-0.2, 0) is 28.0 Å². The van der Waals surface area contributed by atoms with Crippen LogP contribution in [-0.4, -0.2) is 69.4 Å². The van der Waals surface area contributed by atoms with E-state index in [0.717, 1.165) is 6.07 Å². The summed E-state index contributed by atoms with van der Waals surface area (Å²) in [5, 5.41) is 3.58. The number of likely N-dealkylation sites (N-methyl/N-ethyl adjacent to an activating group) is 1. The fraction of sp³-hybridized carbons (Fsp3) is 0.500. The highest BCUT2D eigenvalue weighted by molar-refractivity contribution is 7.85. The van der Waals surface area contributed by atoms with Gasteiger partial charge in [-0.3, -0.25) is 9.00 Å². The number of pyridine rings is 1. The predicted octanol–water partition coefficient (Wildman–Crippen LogP) is 3.67. The highest BCUT2D eigenvalue weighted by Gasteiger charge is 2.35. The lowest BCUT2D eigenvalue weighted by Gasteiger charge is -2.21. The minimum absolute atomic E-state index is 0.0358. The van der Waals surface area contributed by atoms with Crippen molar-refractivity contribution in [2.75, 3.05) is 50.7 Å². The van der Waals surface area contributed by atoms with E-state index in [1.807, 2.05) is 0 Å². The standard InChI is InChI=1S/C26H32F3N5O3S/c1-16-31-23(20-13-19(25(35)33-24(20)32-16)17-7-11-38(36)12-8-17)30-14-18-5-4-6-21(22(18)27)26(28,29)15-37-10-9-34(2)3/h4-6,13,17H,7-12,14-15H2,1-3H3,(H2,30,31,32,33,35). The molecule has 8 nitrogen and oxygen atoms in total. The van der Waals surface area contributed by atoms with Crippen LogP contribution < -0.4 is 10.9 Å². The number of hydrogen-bond acceptors (Lipinski definition) is 7. The van der Waals surface area contributed by atoms with E-state index in [0.29, 0.717) is 59.1 Å².